The summed E-state index contributed by atoms with van der Waals surface area (Å²) in [4.78, 5) is 11.1. The predicted molar refractivity (Wildman–Crippen MR) is 82.5 cm³/mol. The zero-order chi connectivity index (χ0) is 15.3. The minimum Gasteiger partial charge on any atom is -0.493 e. The molecule has 0 saturated carbocycles. The van der Waals surface area contributed by atoms with Gasteiger partial charge in [0.2, 0.25) is 3.79 Å². The Bertz CT molecular complexity index is 476. The van der Waals surface area contributed by atoms with Crippen LogP contribution in [0.2, 0.25) is 0 Å². The molecule has 1 rings (SSSR count). The molecule has 0 bridgehead atoms. The monoisotopic (exact) mass is 404 g/mol. The molecule has 0 radical (unpaired) electrons. The van der Waals surface area contributed by atoms with Gasteiger partial charge in [0.05, 0.1) is 14.2 Å². The lowest BCUT2D eigenvalue weighted by molar-refractivity contribution is -0.142. The Hall–Kier alpha value is -0.360. The number of hydrogen-bond acceptors (Lipinski definition) is 4. The van der Waals surface area contributed by atoms with Gasteiger partial charge in [0.25, 0.3) is 0 Å². The SMILES string of the molecule is COc1ccc([C@@H](Br)C(=O)OCC(Cl)(Cl)Cl)cc1OC. The average molecular weight is 406 g/mol. The Morgan fingerprint density at radius 2 is 1.85 bits per heavy atom. The van der Waals surface area contributed by atoms with Gasteiger partial charge in [-0.25, -0.2) is 0 Å². The number of carbonyl (C=O) groups excluding carboxylic acids is 1. The van der Waals surface area contributed by atoms with Crippen molar-refractivity contribution < 1.29 is 19.0 Å². The summed E-state index contributed by atoms with van der Waals surface area (Å²) in [6, 6.07) is 5.05. The van der Waals surface area contributed by atoms with Crippen LogP contribution in [0, 0.1) is 0 Å². The highest BCUT2D eigenvalue weighted by atomic mass is 79.9. The maximum absolute atomic E-state index is 11.8. The standard InChI is InChI=1S/C12H12BrCl3O4/c1-18-8-4-3-7(5-9(8)19-2)10(13)11(17)20-6-12(14,15)16/h3-5,10H,6H2,1-2H3/t10-/m1/s1. The van der Waals surface area contributed by atoms with Gasteiger partial charge in [0.1, 0.15) is 11.4 Å². The molecular formula is C12H12BrCl3O4. The number of alkyl halides is 4. The molecule has 1 aromatic rings. The van der Waals surface area contributed by atoms with Crippen molar-refractivity contribution in [3.63, 3.8) is 0 Å². The Labute approximate surface area is 140 Å². The summed E-state index contributed by atoms with van der Waals surface area (Å²) in [5.74, 6) is 0.498. The van der Waals surface area contributed by atoms with Crippen molar-refractivity contribution in [2.75, 3.05) is 20.8 Å². The molecule has 0 amide bonds. The second-order valence-corrected chi connectivity index (χ2v) is 7.13. The molecule has 0 heterocycles. The van der Waals surface area contributed by atoms with Crippen molar-refractivity contribution in [1.29, 1.82) is 0 Å². The van der Waals surface area contributed by atoms with Crippen LogP contribution in [0.1, 0.15) is 10.4 Å². The molecule has 112 valence electrons. The van der Waals surface area contributed by atoms with Crippen LogP contribution in [0.3, 0.4) is 0 Å². The van der Waals surface area contributed by atoms with E-state index in [2.05, 4.69) is 15.9 Å². The topological polar surface area (TPSA) is 44.8 Å². The molecule has 0 fully saturated rings. The summed E-state index contributed by atoms with van der Waals surface area (Å²) in [7, 11) is 3.03. The molecule has 0 aromatic heterocycles. The first-order valence-corrected chi connectivity index (χ1v) is 7.43. The van der Waals surface area contributed by atoms with Crippen molar-refractivity contribution in [1.82, 2.24) is 0 Å². The van der Waals surface area contributed by atoms with E-state index in [1.807, 2.05) is 0 Å². The van der Waals surface area contributed by atoms with Crippen molar-refractivity contribution >= 4 is 56.7 Å². The summed E-state index contributed by atoms with van der Waals surface area (Å²) in [6.07, 6.45) is 0. The van der Waals surface area contributed by atoms with Gasteiger partial charge in [-0.2, -0.15) is 0 Å². The Morgan fingerprint density at radius 3 is 2.35 bits per heavy atom. The van der Waals surface area contributed by atoms with E-state index in [1.165, 1.54) is 14.2 Å². The van der Waals surface area contributed by atoms with Gasteiger partial charge < -0.3 is 14.2 Å². The zero-order valence-electron chi connectivity index (χ0n) is 10.7. The molecule has 1 aromatic carbocycles. The smallest absolute Gasteiger partial charge is 0.324 e. The van der Waals surface area contributed by atoms with E-state index in [-0.39, 0.29) is 6.61 Å². The van der Waals surface area contributed by atoms with Gasteiger partial charge in [-0.15, -0.1) is 0 Å². The van der Waals surface area contributed by atoms with E-state index >= 15 is 0 Å². The van der Waals surface area contributed by atoms with Gasteiger partial charge in [-0.1, -0.05) is 56.8 Å². The van der Waals surface area contributed by atoms with E-state index in [0.29, 0.717) is 17.1 Å². The summed E-state index contributed by atoms with van der Waals surface area (Å²) in [5, 5.41) is 0. The van der Waals surface area contributed by atoms with Crippen molar-refractivity contribution in [2.24, 2.45) is 0 Å². The van der Waals surface area contributed by atoms with Gasteiger partial charge in [0, 0.05) is 0 Å². The number of ether oxygens (including phenoxy) is 3. The number of benzene rings is 1. The number of hydrogen-bond donors (Lipinski definition) is 0. The molecule has 0 spiro atoms. The van der Waals surface area contributed by atoms with Gasteiger partial charge >= 0.3 is 5.97 Å². The maximum Gasteiger partial charge on any atom is 0.324 e. The number of rotatable bonds is 5. The first-order chi connectivity index (χ1) is 9.28. The minimum absolute atomic E-state index is 0.327. The predicted octanol–water partition coefficient (Wildman–Crippen LogP) is 4.05. The number of halogens is 4. The number of esters is 1. The van der Waals surface area contributed by atoms with Gasteiger partial charge in [-0.3, -0.25) is 4.79 Å². The van der Waals surface area contributed by atoms with E-state index < -0.39 is 14.6 Å². The Balaban J connectivity index is 2.81. The zero-order valence-corrected chi connectivity index (χ0v) is 14.5. The second kappa shape index (κ2) is 7.59. The lowest BCUT2D eigenvalue weighted by Gasteiger charge is -2.15. The van der Waals surface area contributed by atoms with Gasteiger partial charge in [-0.05, 0) is 17.7 Å². The largest absolute Gasteiger partial charge is 0.493 e. The number of carbonyl (C=O) groups is 1. The molecule has 0 unspecified atom stereocenters. The highest BCUT2D eigenvalue weighted by molar-refractivity contribution is 9.09. The molecule has 0 saturated heterocycles. The van der Waals surface area contributed by atoms with Crippen LogP contribution in [0.5, 0.6) is 11.5 Å². The summed E-state index contributed by atoms with van der Waals surface area (Å²) in [5.41, 5.74) is 0.636. The summed E-state index contributed by atoms with van der Waals surface area (Å²) < 4.78 is 13.5. The Kier molecular flexibility index (Phi) is 6.72. The first kappa shape index (κ1) is 17.7. The Morgan fingerprint density at radius 1 is 1.25 bits per heavy atom. The fourth-order valence-electron chi connectivity index (χ4n) is 1.37. The average Bonchev–Trinajstić information content (AvgIpc) is 2.42. The van der Waals surface area contributed by atoms with Crippen LogP contribution in [-0.2, 0) is 9.53 Å². The summed E-state index contributed by atoms with van der Waals surface area (Å²) in [6.45, 7) is -0.327. The van der Waals surface area contributed by atoms with Crippen molar-refractivity contribution in [2.45, 2.75) is 8.62 Å². The van der Waals surface area contributed by atoms with Crippen LogP contribution in [0.25, 0.3) is 0 Å². The third-order valence-electron chi connectivity index (χ3n) is 2.29. The van der Waals surface area contributed by atoms with Crippen LogP contribution in [0.4, 0.5) is 0 Å². The molecular weight excluding hydrogens is 394 g/mol. The third-order valence-corrected chi connectivity index (χ3v) is 3.52. The quantitative estimate of drug-likeness (QED) is 0.547. The third kappa shape index (κ3) is 5.20. The second-order valence-electron chi connectivity index (χ2n) is 3.70. The fraction of sp³-hybridized carbons (Fsp3) is 0.417. The van der Waals surface area contributed by atoms with Crippen molar-refractivity contribution in [3.8, 4) is 11.5 Å². The normalized spacial score (nSPS) is 12.7. The van der Waals surface area contributed by atoms with Crippen LogP contribution in [-0.4, -0.2) is 30.6 Å². The van der Waals surface area contributed by atoms with Gasteiger partial charge in [0.15, 0.2) is 11.5 Å². The first-order valence-electron chi connectivity index (χ1n) is 5.38. The molecule has 0 aliphatic rings. The van der Waals surface area contributed by atoms with Crippen molar-refractivity contribution in [3.05, 3.63) is 23.8 Å². The molecule has 1 atom stereocenters. The molecule has 20 heavy (non-hydrogen) atoms. The summed E-state index contributed by atoms with van der Waals surface area (Å²) >= 11 is 19.8. The minimum atomic E-state index is -1.64. The number of methoxy groups -OCH3 is 2. The van der Waals surface area contributed by atoms with Crippen LogP contribution in [0.15, 0.2) is 18.2 Å². The molecule has 0 aliphatic heterocycles. The highest BCUT2D eigenvalue weighted by Crippen LogP contribution is 2.34. The molecule has 0 N–H and O–H groups in total. The van der Waals surface area contributed by atoms with E-state index in [4.69, 9.17) is 49.0 Å². The van der Waals surface area contributed by atoms with Crippen LogP contribution >= 0.6 is 50.7 Å². The lowest BCUT2D eigenvalue weighted by Crippen LogP contribution is -2.19. The van der Waals surface area contributed by atoms with Crippen LogP contribution < -0.4 is 9.47 Å². The van der Waals surface area contributed by atoms with E-state index in [0.717, 1.165) is 0 Å². The fourth-order valence-corrected chi connectivity index (χ4v) is 1.95. The molecule has 4 nitrogen and oxygen atoms in total. The molecule has 0 aliphatic carbocycles. The highest BCUT2D eigenvalue weighted by Gasteiger charge is 2.26. The lowest BCUT2D eigenvalue weighted by atomic mass is 10.1. The van der Waals surface area contributed by atoms with E-state index in [9.17, 15) is 4.79 Å². The van der Waals surface area contributed by atoms with E-state index in [1.54, 1.807) is 18.2 Å². The molecule has 8 heteroatoms. The maximum atomic E-state index is 11.8.